The molecule has 0 aliphatic rings. The molecule has 1 unspecified atom stereocenters. The van der Waals surface area contributed by atoms with E-state index in [4.69, 9.17) is 0 Å². The molecule has 0 bridgehead atoms. The van der Waals surface area contributed by atoms with Gasteiger partial charge in [0.2, 0.25) is 0 Å². The van der Waals surface area contributed by atoms with Crippen LogP contribution in [0.4, 0.5) is 5.69 Å². The minimum absolute atomic E-state index is 0.122. The first-order chi connectivity index (χ1) is 8.08. The molecule has 0 aliphatic heterocycles. The number of nitro benzene ring substituents is 1. The van der Waals surface area contributed by atoms with Gasteiger partial charge in [0.05, 0.1) is 4.92 Å². The Bertz CT molecular complexity index is 396. The van der Waals surface area contributed by atoms with Gasteiger partial charge in [0.15, 0.2) is 0 Å². The standard InChI is InChI=1S/C12H17BrN2O2/c1-3-4-10(14-2)7-9-5-6-11(15(16)17)8-12(9)13/h5-6,8,10,14H,3-4,7H2,1-2H3. The molecule has 0 spiro atoms. The number of rotatable bonds is 6. The summed E-state index contributed by atoms with van der Waals surface area (Å²) in [6, 6.07) is 5.35. The summed E-state index contributed by atoms with van der Waals surface area (Å²) in [6.07, 6.45) is 3.10. The number of nitro groups is 1. The van der Waals surface area contributed by atoms with Crippen molar-refractivity contribution in [1.29, 1.82) is 0 Å². The van der Waals surface area contributed by atoms with E-state index < -0.39 is 0 Å². The molecule has 0 saturated carbocycles. The van der Waals surface area contributed by atoms with Crippen LogP contribution in [0.3, 0.4) is 0 Å². The van der Waals surface area contributed by atoms with Crippen LogP contribution in [0.2, 0.25) is 0 Å². The van der Waals surface area contributed by atoms with Crippen LogP contribution in [0.5, 0.6) is 0 Å². The van der Waals surface area contributed by atoms with E-state index in [1.807, 2.05) is 13.1 Å². The second kappa shape index (κ2) is 6.71. The lowest BCUT2D eigenvalue weighted by atomic mass is 10.0. The molecule has 1 N–H and O–H groups in total. The molecule has 0 aliphatic carbocycles. The maximum absolute atomic E-state index is 10.6. The first-order valence-electron chi connectivity index (χ1n) is 5.68. The third-order valence-electron chi connectivity index (χ3n) is 2.76. The molecule has 0 aromatic heterocycles. The van der Waals surface area contributed by atoms with E-state index in [2.05, 4.69) is 28.2 Å². The quantitative estimate of drug-likeness (QED) is 0.648. The molecule has 0 saturated heterocycles. The molecule has 0 fully saturated rings. The van der Waals surface area contributed by atoms with Crippen LogP contribution in [0.25, 0.3) is 0 Å². The molecular formula is C12H17BrN2O2. The maximum atomic E-state index is 10.6. The van der Waals surface area contributed by atoms with Crippen LogP contribution >= 0.6 is 15.9 Å². The Kier molecular flexibility index (Phi) is 5.58. The zero-order chi connectivity index (χ0) is 12.8. The Morgan fingerprint density at radius 1 is 1.53 bits per heavy atom. The van der Waals surface area contributed by atoms with Crippen LogP contribution < -0.4 is 5.32 Å². The van der Waals surface area contributed by atoms with Gasteiger partial charge in [-0.3, -0.25) is 10.1 Å². The van der Waals surface area contributed by atoms with Gasteiger partial charge in [0.1, 0.15) is 0 Å². The topological polar surface area (TPSA) is 55.2 Å². The first-order valence-corrected chi connectivity index (χ1v) is 6.47. The largest absolute Gasteiger partial charge is 0.317 e. The van der Waals surface area contributed by atoms with Gasteiger partial charge < -0.3 is 5.32 Å². The van der Waals surface area contributed by atoms with Crippen LogP contribution in [-0.4, -0.2) is 18.0 Å². The van der Waals surface area contributed by atoms with Crippen molar-refractivity contribution in [3.8, 4) is 0 Å². The molecule has 5 heteroatoms. The fraction of sp³-hybridized carbons (Fsp3) is 0.500. The fourth-order valence-electron chi connectivity index (χ4n) is 1.78. The number of nitrogens with zero attached hydrogens (tertiary/aromatic N) is 1. The number of halogens is 1. The lowest BCUT2D eigenvalue weighted by Crippen LogP contribution is -2.27. The van der Waals surface area contributed by atoms with Gasteiger partial charge in [-0.1, -0.05) is 35.3 Å². The second-order valence-electron chi connectivity index (χ2n) is 4.01. The summed E-state index contributed by atoms with van der Waals surface area (Å²) in [6.45, 7) is 2.15. The van der Waals surface area contributed by atoms with Gasteiger partial charge in [-0.2, -0.15) is 0 Å². The van der Waals surface area contributed by atoms with Gasteiger partial charge in [0.25, 0.3) is 5.69 Å². The van der Waals surface area contributed by atoms with Crippen molar-refractivity contribution in [3.05, 3.63) is 38.3 Å². The van der Waals surface area contributed by atoms with E-state index in [-0.39, 0.29) is 10.6 Å². The lowest BCUT2D eigenvalue weighted by Gasteiger charge is -2.15. The minimum Gasteiger partial charge on any atom is -0.317 e. The minimum atomic E-state index is -0.379. The highest BCUT2D eigenvalue weighted by Gasteiger charge is 2.12. The first kappa shape index (κ1) is 14.1. The molecule has 1 aromatic carbocycles. The Hall–Kier alpha value is -0.940. The number of benzene rings is 1. The van der Waals surface area contributed by atoms with E-state index in [0.29, 0.717) is 6.04 Å². The van der Waals surface area contributed by atoms with E-state index in [1.165, 1.54) is 0 Å². The molecular weight excluding hydrogens is 284 g/mol. The molecule has 94 valence electrons. The Morgan fingerprint density at radius 2 is 2.24 bits per heavy atom. The maximum Gasteiger partial charge on any atom is 0.270 e. The van der Waals surface area contributed by atoms with Crippen molar-refractivity contribution in [2.45, 2.75) is 32.2 Å². The summed E-state index contributed by atoms with van der Waals surface area (Å²) in [7, 11) is 1.94. The second-order valence-corrected chi connectivity index (χ2v) is 4.87. The Morgan fingerprint density at radius 3 is 2.71 bits per heavy atom. The zero-order valence-electron chi connectivity index (χ0n) is 10.1. The Labute approximate surface area is 110 Å². The monoisotopic (exact) mass is 300 g/mol. The predicted molar refractivity (Wildman–Crippen MR) is 72.3 cm³/mol. The summed E-state index contributed by atoms with van der Waals surface area (Å²) >= 11 is 3.39. The number of non-ortho nitro benzene ring substituents is 1. The number of hydrogen-bond donors (Lipinski definition) is 1. The average Bonchev–Trinajstić information content (AvgIpc) is 2.30. The normalized spacial score (nSPS) is 12.4. The molecule has 4 nitrogen and oxygen atoms in total. The third kappa shape index (κ3) is 4.09. The van der Waals surface area contributed by atoms with Crippen molar-refractivity contribution >= 4 is 21.6 Å². The molecule has 17 heavy (non-hydrogen) atoms. The van der Waals surface area contributed by atoms with Crippen molar-refractivity contribution in [2.24, 2.45) is 0 Å². The lowest BCUT2D eigenvalue weighted by molar-refractivity contribution is -0.384. The van der Waals surface area contributed by atoms with E-state index in [0.717, 1.165) is 29.3 Å². The zero-order valence-corrected chi connectivity index (χ0v) is 11.7. The van der Waals surface area contributed by atoms with E-state index in [1.54, 1.807) is 12.1 Å². The van der Waals surface area contributed by atoms with Crippen LogP contribution in [-0.2, 0) is 6.42 Å². The van der Waals surface area contributed by atoms with Gasteiger partial charge in [-0.25, -0.2) is 0 Å². The molecule has 1 atom stereocenters. The molecule has 1 aromatic rings. The van der Waals surface area contributed by atoms with Crippen molar-refractivity contribution < 1.29 is 4.92 Å². The highest BCUT2D eigenvalue weighted by Crippen LogP contribution is 2.24. The van der Waals surface area contributed by atoms with Crippen molar-refractivity contribution in [1.82, 2.24) is 5.32 Å². The summed E-state index contributed by atoms with van der Waals surface area (Å²) < 4.78 is 0.808. The number of nitrogens with one attached hydrogen (secondary N) is 1. The Balaban J connectivity index is 2.81. The van der Waals surface area contributed by atoms with Crippen LogP contribution in [0.1, 0.15) is 25.3 Å². The van der Waals surface area contributed by atoms with Gasteiger partial charge >= 0.3 is 0 Å². The molecule has 1 rings (SSSR count). The van der Waals surface area contributed by atoms with E-state index in [9.17, 15) is 10.1 Å². The van der Waals surface area contributed by atoms with Gasteiger partial charge in [0, 0.05) is 22.6 Å². The van der Waals surface area contributed by atoms with Gasteiger partial charge in [-0.15, -0.1) is 0 Å². The van der Waals surface area contributed by atoms with Gasteiger partial charge in [-0.05, 0) is 25.5 Å². The highest BCUT2D eigenvalue weighted by atomic mass is 79.9. The van der Waals surface area contributed by atoms with E-state index >= 15 is 0 Å². The predicted octanol–water partition coefficient (Wildman–Crippen LogP) is 3.29. The summed E-state index contributed by atoms with van der Waals surface area (Å²) in [4.78, 5) is 10.2. The smallest absolute Gasteiger partial charge is 0.270 e. The molecule has 0 heterocycles. The molecule has 0 radical (unpaired) electrons. The fourth-order valence-corrected chi connectivity index (χ4v) is 2.31. The third-order valence-corrected chi connectivity index (χ3v) is 3.50. The van der Waals surface area contributed by atoms with Crippen molar-refractivity contribution in [3.63, 3.8) is 0 Å². The summed E-state index contributed by atoms with van der Waals surface area (Å²) in [5.74, 6) is 0. The van der Waals surface area contributed by atoms with Crippen molar-refractivity contribution in [2.75, 3.05) is 7.05 Å². The number of hydrogen-bond acceptors (Lipinski definition) is 3. The SMILES string of the molecule is CCCC(Cc1ccc([N+](=O)[O-])cc1Br)NC. The average molecular weight is 301 g/mol. The molecule has 0 amide bonds. The van der Waals surface area contributed by atoms with Crippen LogP contribution in [0, 0.1) is 10.1 Å². The number of likely N-dealkylation sites (N-methyl/N-ethyl adjacent to an activating group) is 1. The highest BCUT2D eigenvalue weighted by molar-refractivity contribution is 9.10. The van der Waals surface area contributed by atoms with Crippen LogP contribution in [0.15, 0.2) is 22.7 Å². The summed E-state index contributed by atoms with van der Waals surface area (Å²) in [5, 5.41) is 13.9. The summed E-state index contributed by atoms with van der Waals surface area (Å²) in [5.41, 5.74) is 1.22.